The zero-order chi connectivity index (χ0) is 19.0. The second-order valence-electron chi connectivity index (χ2n) is 6.85. The Labute approximate surface area is 157 Å². The summed E-state index contributed by atoms with van der Waals surface area (Å²) in [6, 6.07) is 9.50. The average Bonchev–Trinajstić information content (AvgIpc) is 2.95. The van der Waals surface area contributed by atoms with Gasteiger partial charge in [0.25, 0.3) is 0 Å². The Bertz CT molecular complexity index is 970. The summed E-state index contributed by atoms with van der Waals surface area (Å²) >= 11 is 0. The van der Waals surface area contributed by atoms with Crippen molar-refractivity contribution in [2.75, 3.05) is 37.6 Å². The number of anilines is 1. The molecule has 0 unspecified atom stereocenters. The van der Waals surface area contributed by atoms with E-state index in [1.165, 1.54) is 0 Å². The minimum atomic E-state index is -3.21. The smallest absolute Gasteiger partial charge is 0.317 e. The normalized spacial score (nSPS) is 19.0. The highest BCUT2D eigenvalue weighted by Gasteiger charge is 2.33. The van der Waals surface area contributed by atoms with E-state index in [9.17, 15) is 13.2 Å². The van der Waals surface area contributed by atoms with Crippen LogP contribution in [0, 0.1) is 0 Å². The van der Waals surface area contributed by atoms with Gasteiger partial charge in [0.2, 0.25) is 0 Å². The Balaban J connectivity index is 1.68. The van der Waals surface area contributed by atoms with E-state index in [1.54, 1.807) is 0 Å². The van der Waals surface area contributed by atoms with Crippen molar-refractivity contribution in [1.29, 1.82) is 0 Å². The summed E-state index contributed by atoms with van der Waals surface area (Å²) in [6.07, 6.45) is 0. The molecule has 4 rings (SSSR count). The monoisotopic (exact) mass is 388 g/mol. The molecule has 0 atom stereocenters. The number of carboxylic acids is 1. The molecular weight excluding hydrogens is 368 g/mol. The molecular formula is C18H20N4O4S. The Kier molecular flexibility index (Phi) is 4.56. The zero-order valence-electron chi connectivity index (χ0n) is 14.7. The summed E-state index contributed by atoms with van der Waals surface area (Å²) in [7, 11) is -3.21. The molecule has 0 radical (unpaired) electrons. The Morgan fingerprint density at radius 1 is 1.04 bits per heavy atom. The minimum absolute atomic E-state index is 0.0133. The first-order valence-corrected chi connectivity index (χ1v) is 10.6. The maximum Gasteiger partial charge on any atom is 0.317 e. The molecule has 1 aromatic heterocycles. The Morgan fingerprint density at radius 3 is 2.41 bits per heavy atom. The molecule has 0 spiro atoms. The summed E-state index contributed by atoms with van der Waals surface area (Å²) in [5, 5.41) is 8.95. The lowest BCUT2D eigenvalue weighted by molar-refractivity contribution is -0.138. The van der Waals surface area contributed by atoms with Crippen LogP contribution in [-0.2, 0) is 26.1 Å². The predicted octanol–water partition coefficient (Wildman–Crippen LogP) is 0.779. The fourth-order valence-corrected chi connectivity index (χ4v) is 5.04. The zero-order valence-corrected chi connectivity index (χ0v) is 15.5. The lowest BCUT2D eigenvalue weighted by Crippen LogP contribution is -2.48. The van der Waals surface area contributed by atoms with E-state index in [4.69, 9.17) is 10.1 Å². The Hall–Kier alpha value is -2.52. The molecule has 9 heteroatoms. The number of nitrogens with zero attached hydrogens (tertiary/aromatic N) is 4. The van der Waals surface area contributed by atoms with Gasteiger partial charge in [0, 0.05) is 37.3 Å². The standard InChI is InChI=1S/C18H20N4O4S/c23-16(24)10-21-6-8-22(9-7-21)18-14-11-27(25,26)12-15(14)19-17(20-18)13-4-2-1-3-5-13/h1-5H,6-12H2,(H,23,24). The molecule has 1 saturated heterocycles. The van der Waals surface area contributed by atoms with E-state index in [1.807, 2.05) is 40.1 Å². The summed E-state index contributed by atoms with van der Waals surface area (Å²) in [6.45, 7) is 2.41. The van der Waals surface area contributed by atoms with E-state index >= 15 is 0 Å². The number of carboxylic acid groups (broad SMARTS) is 1. The van der Waals surface area contributed by atoms with E-state index in [-0.39, 0.29) is 18.1 Å². The molecule has 142 valence electrons. The highest BCUT2D eigenvalue weighted by molar-refractivity contribution is 7.90. The van der Waals surface area contributed by atoms with Crippen molar-refractivity contribution in [1.82, 2.24) is 14.9 Å². The fraction of sp³-hybridized carbons (Fsp3) is 0.389. The van der Waals surface area contributed by atoms with Gasteiger partial charge in [-0.2, -0.15) is 0 Å². The Morgan fingerprint density at radius 2 is 1.74 bits per heavy atom. The fourth-order valence-electron chi connectivity index (χ4n) is 3.55. The lowest BCUT2D eigenvalue weighted by atomic mass is 10.1. The molecule has 1 aromatic carbocycles. The molecule has 3 heterocycles. The average molecular weight is 388 g/mol. The van der Waals surface area contributed by atoms with Gasteiger partial charge in [-0.05, 0) is 0 Å². The highest BCUT2D eigenvalue weighted by atomic mass is 32.2. The van der Waals surface area contributed by atoms with Crippen LogP contribution in [0.25, 0.3) is 11.4 Å². The highest BCUT2D eigenvalue weighted by Crippen LogP contribution is 2.33. The third kappa shape index (κ3) is 3.79. The number of piperazine rings is 1. The van der Waals surface area contributed by atoms with Crippen LogP contribution < -0.4 is 4.90 Å². The van der Waals surface area contributed by atoms with Crippen LogP contribution in [0.3, 0.4) is 0 Å². The molecule has 0 saturated carbocycles. The van der Waals surface area contributed by atoms with Gasteiger partial charge in [-0.1, -0.05) is 30.3 Å². The van der Waals surface area contributed by atoms with Crippen molar-refractivity contribution in [3.05, 3.63) is 41.6 Å². The van der Waals surface area contributed by atoms with E-state index < -0.39 is 15.8 Å². The van der Waals surface area contributed by atoms with Gasteiger partial charge in [0.15, 0.2) is 15.7 Å². The van der Waals surface area contributed by atoms with Crippen LogP contribution in [0.15, 0.2) is 30.3 Å². The van der Waals surface area contributed by atoms with Crippen molar-refractivity contribution < 1.29 is 18.3 Å². The van der Waals surface area contributed by atoms with Crippen LogP contribution in [0.4, 0.5) is 5.82 Å². The third-order valence-corrected chi connectivity index (χ3v) is 6.30. The van der Waals surface area contributed by atoms with Crippen molar-refractivity contribution in [3.8, 4) is 11.4 Å². The second-order valence-corrected chi connectivity index (χ2v) is 8.92. The molecule has 1 fully saturated rings. The molecule has 8 nitrogen and oxygen atoms in total. The number of fused-ring (bicyclic) bond motifs is 1. The van der Waals surface area contributed by atoms with E-state index in [0.29, 0.717) is 49.1 Å². The molecule has 0 amide bonds. The molecule has 1 N–H and O–H groups in total. The van der Waals surface area contributed by atoms with Gasteiger partial charge >= 0.3 is 5.97 Å². The van der Waals surface area contributed by atoms with Crippen molar-refractivity contribution in [3.63, 3.8) is 0 Å². The van der Waals surface area contributed by atoms with Gasteiger partial charge in [0.05, 0.1) is 23.7 Å². The van der Waals surface area contributed by atoms with Crippen molar-refractivity contribution >= 4 is 21.6 Å². The van der Waals surface area contributed by atoms with Gasteiger partial charge in [-0.25, -0.2) is 18.4 Å². The number of carbonyl (C=O) groups is 1. The van der Waals surface area contributed by atoms with Crippen LogP contribution in [0.2, 0.25) is 0 Å². The molecule has 0 bridgehead atoms. The first kappa shape index (κ1) is 17.9. The van der Waals surface area contributed by atoms with Crippen molar-refractivity contribution in [2.45, 2.75) is 11.5 Å². The third-order valence-electron chi connectivity index (χ3n) is 4.85. The number of sulfone groups is 1. The summed E-state index contributed by atoms with van der Waals surface area (Å²) in [4.78, 5) is 24.1. The largest absolute Gasteiger partial charge is 0.480 e. The van der Waals surface area contributed by atoms with E-state index in [0.717, 1.165) is 5.56 Å². The SMILES string of the molecule is O=C(O)CN1CCN(c2nc(-c3ccccc3)nc3c2CS(=O)(=O)C3)CC1. The second kappa shape index (κ2) is 6.90. The summed E-state index contributed by atoms with van der Waals surface area (Å²) in [5.41, 5.74) is 2.10. The minimum Gasteiger partial charge on any atom is -0.480 e. The van der Waals surface area contributed by atoms with Crippen LogP contribution >= 0.6 is 0 Å². The number of benzene rings is 1. The molecule has 0 aliphatic carbocycles. The maximum atomic E-state index is 12.2. The molecule has 2 aromatic rings. The molecule has 2 aliphatic heterocycles. The van der Waals surface area contributed by atoms with Gasteiger partial charge in [-0.15, -0.1) is 0 Å². The van der Waals surface area contributed by atoms with Crippen LogP contribution in [0.1, 0.15) is 11.3 Å². The molecule has 27 heavy (non-hydrogen) atoms. The summed E-state index contributed by atoms with van der Waals surface area (Å²) in [5.74, 6) is 0.242. The number of rotatable bonds is 4. The summed E-state index contributed by atoms with van der Waals surface area (Å²) < 4.78 is 24.4. The number of aliphatic carboxylic acids is 1. The maximum absolute atomic E-state index is 12.2. The topological polar surface area (TPSA) is 104 Å². The molecule has 2 aliphatic rings. The lowest BCUT2D eigenvalue weighted by Gasteiger charge is -2.35. The predicted molar refractivity (Wildman–Crippen MR) is 100 cm³/mol. The first-order valence-electron chi connectivity index (χ1n) is 8.76. The van der Waals surface area contributed by atoms with Crippen LogP contribution in [0.5, 0.6) is 0 Å². The first-order chi connectivity index (χ1) is 12.9. The van der Waals surface area contributed by atoms with Crippen molar-refractivity contribution in [2.24, 2.45) is 0 Å². The number of hydrogen-bond donors (Lipinski definition) is 1. The number of aromatic nitrogens is 2. The van der Waals surface area contributed by atoms with Crippen LogP contribution in [-0.4, -0.2) is 67.1 Å². The van der Waals surface area contributed by atoms with Gasteiger partial charge in [-0.3, -0.25) is 9.69 Å². The quantitative estimate of drug-likeness (QED) is 0.819. The number of hydrogen-bond acceptors (Lipinski definition) is 7. The van der Waals surface area contributed by atoms with E-state index in [2.05, 4.69) is 4.98 Å². The van der Waals surface area contributed by atoms with Gasteiger partial charge < -0.3 is 10.0 Å². The van der Waals surface area contributed by atoms with Gasteiger partial charge in [0.1, 0.15) is 5.82 Å².